The summed E-state index contributed by atoms with van der Waals surface area (Å²) in [4.78, 5) is 31.8. The number of ether oxygens (including phenoxy) is 1. The summed E-state index contributed by atoms with van der Waals surface area (Å²) in [6, 6.07) is 8.92. The van der Waals surface area contributed by atoms with E-state index in [-0.39, 0.29) is 11.4 Å². The van der Waals surface area contributed by atoms with Gasteiger partial charge in [0.2, 0.25) is 5.91 Å². The minimum absolute atomic E-state index is 0.119. The average Bonchev–Trinajstić information content (AvgIpc) is 3.43. The molecule has 5 rings (SSSR count). The SMILES string of the molecule is O=C(C[C@@H]1CC2(CCN(C(=O)N3CCOCC3)CC2)c2ccccc21)N1CCCC1. The molecule has 162 valence electrons. The van der Waals surface area contributed by atoms with Crippen molar-refractivity contribution in [3.8, 4) is 0 Å². The number of morpholine rings is 1. The number of carbonyl (C=O) groups excluding carboxylic acids is 2. The van der Waals surface area contributed by atoms with Crippen LogP contribution in [-0.4, -0.2) is 79.1 Å². The number of amides is 3. The van der Waals surface area contributed by atoms with Crippen LogP contribution in [0.25, 0.3) is 0 Å². The van der Waals surface area contributed by atoms with Gasteiger partial charge in [0.15, 0.2) is 0 Å². The van der Waals surface area contributed by atoms with Gasteiger partial charge >= 0.3 is 6.03 Å². The number of hydrogen-bond acceptors (Lipinski definition) is 3. The van der Waals surface area contributed by atoms with Gasteiger partial charge in [-0.3, -0.25) is 4.79 Å². The first kappa shape index (κ1) is 19.9. The van der Waals surface area contributed by atoms with Crippen molar-refractivity contribution in [3.05, 3.63) is 35.4 Å². The molecule has 1 aliphatic carbocycles. The van der Waals surface area contributed by atoms with Gasteiger partial charge in [0.05, 0.1) is 13.2 Å². The van der Waals surface area contributed by atoms with Crippen LogP contribution >= 0.6 is 0 Å². The second kappa shape index (κ2) is 8.22. The molecular weight excluding hydrogens is 378 g/mol. The van der Waals surface area contributed by atoms with Gasteiger partial charge in [0.25, 0.3) is 0 Å². The molecule has 3 fully saturated rings. The molecule has 30 heavy (non-hydrogen) atoms. The first-order valence-electron chi connectivity index (χ1n) is 11.7. The summed E-state index contributed by atoms with van der Waals surface area (Å²) in [7, 11) is 0. The second-order valence-electron chi connectivity index (χ2n) is 9.43. The molecule has 0 radical (unpaired) electrons. The zero-order valence-corrected chi connectivity index (χ0v) is 17.9. The lowest BCUT2D eigenvalue weighted by Gasteiger charge is -2.42. The van der Waals surface area contributed by atoms with Gasteiger partial charge in [-0.1, -0.05) is 24.3 Å². The maximum atomic E-state index is 12.9. The van der Waals surface area contributed by atoms with Crippen molar-refractivity contribution in [3.63, 3.8) is 0 Å². The molecule has 0 N–H and O–H groups in total. The van der Waals surface area contributed by atoms with Crippen LogP contribution in [0.4, 0.5) is 4.79 Å². The van der Waals surface area contributed by atoms with Gasteiger partial charge in [-0.25, -0.2) is 4.79 Å². The molecule has 3 aliphatic heterocycles. The van der Waals surface area contributed by atoms with E-state index < -0.39 is 0 Å². The standard InChI is InChI=1S/C24H33N3O3/c28-22(25-9-3-4-10-25)17-19-18-24(21-6-2-1-5-20(19)21)7-11-26(12-8-24)23(29)27-13-15-30-16-14-27/h1-2,5-6,19H,3-4,7-18H2/t19-/m1/s1. The highest BCUT2D eigenvalue weighted by Crippen LogP contribution is 2.52. The van der Waals surface area contributed by atoms with Crippen molar-refractivity contribution >= 4 is 11.9 Å². The molecule has 3 amide bonds. The Labute approximate surface area is 179 Å². The van der Waals surface area contributed by atoms with Crippen molar-refractivity contribution in [2.24, 2.45) is 0 Å². The van der Waals surface area contributed by atoms with Gasteiger partial charge < -0.3 is 19.4 Å². The topological polar surface area (TPSA) is 53.1 Å². The predicted molar refractivity (Wildman–Crippen MR) is 115 cm³/mol. The van der Waals surface area contributed by atoms with E-state index in [1.807, 2.05) is 9.80 Å². The lowest BCUT2D eigenvalue weighted by atomic mass is 9.73. The Kier molecular flexibility index (Phi) is 5.44. The van der Waals surface area contributed by atoms with E-state index >= 15 is 0 Å². The number of benzene rings is 1. The summed E-state index contributed by atoms with van der Waals surface area (Å²) in [6.45, 7) is 6.14. The van der Waals surface area contributed by atoms with E-state index in [4.69, 9.17) is 4.74 Å². The minimum atomic E-state index is 0.119. The second-order valence-corrected chi connectivity index (χ2v) is 9.43. The number of piperidine rings is 1. The molecule has 0 saturated carbocycles. The van der Waals surface area contributed by atoms with E-state index in [1.165, 1.54) is 11.1 Å². The molecular formula is C24H33N3O3. The van der Waals surface area contributed by atoms with Crippen molar-refractivity contribution in [2.45, 2.75) is 49.9 Å². The first-order chi connectivity index (χ1) is 14.7. The molecule has 3 heterocycles. The third-order valence-corrected chi connectivity index (χ3v) is 7.76. The van der Waals surface area contributed by atoms with E-state index in [0.29, 0.717) is 44.5 Å². The Morgan fingerprint density at radius 3 is 2.30 bits per heavy atom. The Bertz CT molecular complexity index is 791. The molecule has 0 bridgehead atoms. The lowest BCUT2D eigenvalue weighted by Crippen LogP contribution is -2.52. The van der Waals surface area contributed by atoms with Crippen LogP contribution in [0.15, 0.2) is 24.3 Å². The minimum Gasteiger partial charge on any atom is -0.378 e. The van der Waals surface area contributed by atoms with Crippen LogP contribution in [0.3, 0.4) is 0 Å². The summed E-state index contributed by atoms with van der Waals surface area (Å²) in [5, 5.41) is 0. The van der Waals surface area contributed by atoms with Crippen molar-refractivity contribution in [1.82, 2.24) is 14.7 Å². The Balaban J connectivity index is 1.28. The fourth-order valence-electron chi connectivity index (χ4n) is 6.07. The lowest BCUT2D eigenvalue weighted by molar-refractivity contribution is -0.130. The number of urea groups is 1. The van der Waals surface area contributed by atoms with Gasteiger partial charge in [-0.2, -0.15) is 0 Å². The third kappa shape index (κ3) is 3.59. The molecule has 1 aromatic rings. The normalized spacial score (nSPS) is 25.6. The summed E-state index contributed by atoms with van der Waals surface area (Å²) in [5.41, 5.74) is 2.93. The number of hydrogen-bond donors (Lipinski definition) is 0. The number of likely N-dealkylation sites (tertiary alicyclic amines) is 2. The highest BCUT2D eigenvalue weighted by atomic mass is 16.5. The van der Waals surface area contributed by atoms with Crippen molar-refractivity contribution in [1.29, 1.82) is 0 Å². The molecule has 0 unspecified atom stereocenters. The van der Waals surface area contributed by atoms with Crippen LogP contribution in [-0.2, 0) is 14.9 Å². The van der Waals surface area contributed by atoms with Gasteiger partial charge in [-0.05, 0) is 54.6 Å². The van der Waals surface area contributed by atoms with Crippen LogP contribution in [0, 0.1) is 0 Å². The van der Waals surface area contributed by atoms with Crippen LogP contribution in [0.5, 0.6) is 0 Å². The predicted octanol–water partition coefficient (Wildman–Crippen LogP) is 2.97. The molecule has 1 aromatic carbocycles. The average molecular weight is 412 g/mol. The maximum absolute atomic E-state index is 12.9. The summed E-state index contributed by atoms with van der Waals surface area (Å²) in [6.07, 6.45) is 5.96. The highest BCUT2D eigenvalue weighted by Gasteiger charge is 2.46. The Hall–Kier alpha value is -2.08. The smallest absolute Gasteiger partial charge is 0.320 e. The van der Waals surface area contributed by atoms with Crippen molar-refractivity contribution < 1.29 is 14.3 Å². The Morgan fingerprint density at radius 2 is 1.57 bits per heavy atom. The fraction of sp³-hybridized carbons (Fsp3) is 0.667. The quantitative estimate of drug-likeness (QED) is 0.752. The van der Waals surface area contributed by atoms with Crippen molar-refractivity contribution in [2.75, 3.05) is 52.5 Å². The monoisotopic (exact) mass is 411 g/mol. The maximum Gasteiger partial charge on any atom is 0.320 e. The third-order valence-electron chi connectivity index (χ3n) is 7.76. The number of nitrogens with zero attached hydrogens (tertiary/aromatic N) is 3. The number of fused-ring (bicyclic) bond motifs is 2. The first-order valence-corrected chi connectivity index (χ1v) is 11.7. The summed E-state index contributed by atoms with van der Waals surface area (Å²) >= 11 is 0. The molecule has 4 aliphatic rings. The fourth-order valence-corrected chi connectivity index (χ4v) is 6.07. The molecule has 6 nitrogen and oxygen atoms in total. The van der Waals surface area contributed by atoms with E-state index in [2.05, 4.69) is 29.2 Å². The van der Waals surface area contributed by atoms with E-state index in [1.54, 1.807) is 0 Å². The Morgan fingerprint density at radius 1 is 0.900 bits per heavy atom. The highest BCUT2D eigenvalue weighted by molar-refractivity contribution is 5.78. The molecule has 1 atom stereocenters. The van der Waals surface area contributed by atoms with Gasteiger partial charge in [0.1, 0.15) is 0 Å². The number of carbonyl (C=O) groups is 2. The largest absolute Gasteiger partial charge is 0.378 e. The zero-order valence-electron chi connectivity index (χ0n) is 17.9. The summed E-state index contributed by atoms with van der Waals surface area (Å²) < 4.78 is 5.39. The number of rotatable bonds is 2. The van der Waals surface area contributed by atoms with E-state index in [9.17, 15) is 9.59 Å². The molecule has 1 spiro atoms. The van der Waals surface area contributed by atoms with Crippen LogP contribution < -0.4 is 0 Å². The van der Waals surface area contributed by atoms with E-state index in [0.717, 1.165) is 58.3 Å². The van der Waals surface area contributed by atoms with Crippen LogP contribution in [0.2, 0.25) is 0 Å². The van der Waals surface area contributed by atoms with Gasteiger partial charge in [0, 0.05) is 45.7 Å². The van der Waals surface area contributed by atoms with Crippen LogP contribution in [0.1, 0.15) is 55.6 Å². The molecule has 3 saturated heterocycles. The zero-order chi connectivity index (χ0) is 20.6. The summed E-state index contributed by atoms with van der Waals surface area (Å²) in [5.74, 6) is 0.639. The molecule has 0 aromatic heterocycles. The molecule has 6 heteroatoms. The van der Waals surface area contributed by atoms with Gasteiger partial charge in [-0.15, -0.1) is 0 Å².